The van der Waals surface area contributed by atoms with Gasteiger partial charge in [-0.3, -0.25) is 48.2 Å². The number of aldehydes is 1. The van der Waals surface area contributed by atoms with E-state index in [0.717, 1.165) is 112 Å². The number of aromatic hydroxyl groups is 2. The minimum absolute atomic E-state index is 0. The van der Waals surface area contributed by atoms with Crippen molar-refractivity contribution in [1.82, 2.24) is 49.3 Å². The molecule has 108 heavy (non-hydrogen) atoms. The Bertz CT molecular complexity index is 4650. The maximum atomic E-state index is 14.1. The van der Waals surface area contributed by atoms with Crippen LogP contribution in [0.1, 0.15) is 158 Å². The summed E-state index contributed by atoms with van der Waals surface area (Å²) in [4.78, 5) is 133. The number of rotatable bonds is 16. The molecule has 4 aromatic carbocycles. The van der Waals surface area contributed by atoms with E-state index in [1.807, 2.05) is 30.3 Å². The number of aliphatic hydroxyl groups excluding tert-OH is 1. The monoisotopic (exact) mass is 1510 g/mol. The van der Waals surface area contributed by atoms with E-state index in [0.29, 0.717) is 44.6 Å². The van der Waals surface area contributed by atoms with Gasteiger partial charge in [0.05, 0.1) is 26.7 Å². The number of halogens is 6. The summed E-state index contributed by atoms with van der Waals surface area (Å²) in [5, 5.41) is 34.6. The van der Waals surface area contributed by atoms with E-state index in [2.05, 4.69) is 30.5 Å². The molecule has 32 heteroatoms. The number of amides is 5. The SMILES string of the molecule is C.C.C.CO.COC(=O)c1c(O)c(=O)c(C(=O)NCc2ccc(F)cc2F)cn1CC=O.NCC1CCCC1.O=C(NCc1ccc(F)cc1F)c1cn2c(c(O)c1=O)C(=O)N1C[C@@H]3CCCN3[C@H]1C2.O=C(NCc1ccc(F)cc1F)c1cn2c(c(OCc3ccccc3)c1=O)C(=O)N1C[C@@H]3CCCN3[C@H]1C2. The van der Waals surface area contributed by atoms with Gasteiger partial charge in [0.1, 0.15) is 76.8 Å². The normalized spacial score (nSPS) is 17.6. The van der Waals surface area contributed by atoms with E-state index < -0.39 is 110 Å². The van der Waals surface area contributed by atoms with Crippen LogP contribution in [-0.4, -0.2) is 162 Å². The van der Waals surface area contributed by atoms with E-state index in [1.165, 1.54) is 54.8 Å². The summed E-state index contributed by atoms with van der Waals surface area (Å²) >= 11 is 0. The minimum Gasteiger partial charge on any atom is -0.503 e. The van der Waals surface area contributed by atoms with Crippen LogP contribution < -0.4 is 42.7 Å². The van der Waals surface area contributed by atoms with Crippen LogP contribution in [-0.2, 0) is 55.4 Å². The van der Waals surface area contributed by atoms with E-state index in [-0.39, 0.29) is 124 Å². The molecule has 9 heterocycles. The van der Waals surface area contributed by atoms with E-state index in [1.54, 1.807) is 14.4 Å². The van der Waals surface area contributed by atoms with Crippen LogP contribution in [0.15, 0.2) is 118 Å². The van der Waals surface area contributed by atoms with E-state index in [4.69, 9.17) is 15.6 Å². The van der Waals surface area contributed by atoms with Crippen molar-refractivity contribution in [3.8, 4) is 17.2 Å². The summed E-state index contributed by atoms with van der Waals surface area (Å²) in [6.45, 7) is 3.30. The molecule has 0 unspecified atom stereocenters. The van der Waals surface area contributed by atoms with Crippen LogP contribution in [0.4, 0.5) is 26.3 Å². The first-order valence-electron chi connectivity index (χ1n) is 33.8. The average molecular weight is 1510 g/mol. The van der Waals surface area contributed by atoms with Crippen LogP contribution in [0.2, 0.25) is 0 Å². The maximum absolute atomic E-state index is 14.1. The Morgan fingerprint density at radius 2 is 0.981 bits per heavy atom. The molecule has 5 amide bonds. The first-order valence-corrected chi connectivity index (χ1v) is 33.8. The Balaban J connectivity index is 0.000000213. The highest BCUT2D eigenvalue weighted by Gasteiger charge is 2.50. The largest absolute Gasteiger partial charge is 0.503 e. The zero-order chi connectivity index (χ0) is 75.5. The summed E-state index contributed by atoms with van der Waals surface area (Å²) in [6.07, 6.45) is 13.3. The quantitative estimate of drug-likeness (QED) is 0.0283. The molecule has 0 radical (unpaired) electrons. The lowest BCUT2D eigenvalue weighted by molar-refractivity contribution is -0.108. The van der Waals surface area contributed by atoms with Gasteiger partial charge in [0, 0.05) is 118 Å². The fourth-order valence-corrected chi connectivity index (χ4v) is 14.0. The number of nitrogens with zero attached hydrogens (tertiary/aromatic N) is 7. The number of hydrogen-bond donors (Lipinski definition) is 7. The number of pyridine rings is 3. The Kier molecular flexibility index (Phi) is 29.3. The average Bonchev–Trinajstić information content (AvgIpc) is 1.51. The third-order valence-corrected chi connectivity index (χ3v) is 19.3. The Hall–Kier alpha value is -11.0. The lowest BCUT2D eigenvalue weighted by Crippen LogP contribution is -2.50. The van der Waals surface area contributed by atoms with Gasteiger partial charge in [-0.15, -0.1) is 0 Å². The van der Waals surface area contributed by atoms with Gasteiger partial charge in [0.25, 0.3) is 29.5 Å². The molecule has 6 aliphatic heterocycles. The molecule has 0 bridgehead atoms. The Labute approximate surface area is 618 Å². The topological polar surface area (TPSA) is 340 Å². The van der Waals surface area contributed by atoms with Gasteiger partial charge in [0.2, 0.25) is 16.3 Å². The van der Waals surface area contributed by atoms with Crippen LogP contribution in [0.5, 0.6) is 17.2 Å². The van der Waals surface area contributed by atoms with Gasteiger partial charge < -0.3 is 74.8 Å². The molecule has 3 aromatic heterocycles. The summed E-state index contributed by atoms with van der Waals surface area (Å²) in [5.74, 6) is -10.3. The zero-order valence-electron chi connectivity index (χ0n) is 57.1. The van der Waals surface area contributed by atoms with Gasteiger partial charge >= 0.3 is 5.97 Å². The molecule has 1 aliphatic carbocycles. The van der Waals surface area contributed by atoms with Crippen LogP contribution in [0, 0.1) is 40.8 Å². The molecule has 8 N–H and O–H groups in total. The number of benzene rings is 4. The van der Waals surface area contributed by atoms with Crippen molar-refractivity contribution in [3.63, 3.8) is 0 Å². The third-order valence-electron chi connectivity index (χ3n) is 19.3. The Morgan fingerprint density at radius 3 is 1.41 bits per heavy atom. The molecule has 0 spiro atoms. The second-order valence-electron chi connectivity index (χ2n) is 25.7. The van der Waals surface area contributed by atoms with Gasteiger partial charge in [-0.2, -0.15) is 0 Å². The van der Waals surface area contributed by atoms with Gasteiger partial charge in [-0.25, -0.2) is 31.1 Å². The van der Waals surface area contributed by atoms with Crippen molar-refractivity contribution in [3.05, 3.63) is 225 Å². The summed E-state index contributed by atoms with van der Waals surface area (Å²) in [5.41, 5.74) is 1.77. The smallest absolute Gasteiger partial charge is 0.358 e. The minimum atomic E-state index is -1.17. The standard InChI is InChI=1S/C28H26F2N4O4.C21H20F2N4O4.C17H14F2N2O6.C6H13N.CH4O.3CH4/c29-19-9-8-18(22(30)11-19)12-31-27(36)21-14-32-15-23-33-10-4-7-20(33)13-34(23)28(37)24(32)26(25(21)35)38-16-17-5-2-1-3-6-17;22-12-4-3-11(15(23)6-12)7-24-20(30)14-9-25-10-16-26-5-1-2-13(26)8-27(16)21(31)17(25)19(29)18(14)28;1-27-17(26)13-15(24)14(23)11(8-21(13)4-5-22)16(25)20-7-9-2-3-10(18)6-12(9)19;7-5-6-3-1-2-4-6;1-2;;;/h1-3,5-6,8-9,11,14,20,23H,4,7,10,12-13,15-16H2,(H,31,36);3-4,6,9,13,16,29H,1-2,5,7-8,10H2,(H,24,30);2-3,5-6,8,24H,4,7H2,1H3,(H,20,25);6H,1-5,7H2;2H,1H3;3*1H4/t20-,23+;13-,16+;;;;;;/m00....../s1. The molecule has 580 valence electrons. The zero-order valence-corrected chi connectivity index (χ0v) is 57.1. The number of nitrogens with one attached hydrogen (secondary N) is 3. The molecular weight excluding hydrogens is 1420 g/mol. The highest BCUT2D eigenvalue weighted by atomic mass is 19.2. The van der Waals surface area contributed by atoms with Crippen molar-refractivity contribution in [2.45, 2.75) is 144 Å². The summed E-state index contributed by atoms with van der Waals surface area (Å²) in [6, 6.07) is 18.5. The van der Waals surface area contributed by atoms with Crippen LogP contribution in [0.25, 0.3) is 0 Å². The van der Waals surface area contributed by atoms with Crippen molar-refractivity contribution in [1.29, 1.82) is 0 Å². The molecule has 1 saturated carbocycles. The van der Waals surface area contributed by atoms with E-state index >= 15 is 0 Å². The first-order chi connectivity index (χ1) is 50.5. The molecule has 7 aliphatic rings. The number of esters is 1. The maximum Gasteiger partial charge on any atom is 0.358 e. The van der Waals surface area contributed by atoms with Gasteiger partial charge in [0.15, 0.2) is 34.3 Å². The first kappa shape index (κ1) is 84.3. The number of nitrogens with two attached hydrogens (primary N) is 1. The molecular formula is C76H89F6N11O15. The molecule has 4 atom stereocenters. The molecule has 7 aromatic rings. The Morgan fingerprint density at radius 1 is 0.556 bits per heavy atom. The van der Waals surface area contributed by atoms with Crippen molar-refractivity contribution in [2.75, 3.05) is 46.9 Å². The second-order valence-corrected chi connectivity index (χ2v) is 25.7. The highest BCUT2D eigenvalue weighted by molar-refractivity contribution is 6.01. The van der Waals surface area contributed by atoms with Crippen LogP contribution >= 0.6 is 0 Å². The number of aromatic nitrogens is 3. The molecule has 14 rings (SSSR count). The number of fused-ring (bicyclic) bond motifs is 8. The fourth-order valence-electron chi connectivity index (χ4n) is 14.0. The van der Waals surface area contributed by atoms with Crippen molar-refractivity contribution >= 4 is 41.8 Å². The number of carbonyl (C=O) groups is 7. The van der Waals surface area contributed by atoms with Gasteiger partial charge in [-0.05, 0) is 74.8 Å². The van der Waals surface area contributed by atoms with Crippen molar-refractivity contribution < 1.29 is 84.7 Å². The van der Waals surface area contributed by atoms with Crippen LogP contribution in [0.3, 0.4) is 0 Å². The second kappa shape index (κ2) is 37.5. The van der Waals surface area contributed by atoms with Crippen molar-refractivity contribution in [2.24, 2.45) is 11.7 Å². The lowest BCUT2D eigenvalue weighted by Gasteiger charge is -2.36. The predicted octanol–water partition coefficient (Wildman–Crippen LogP) is 7.32. The van der Waals surface area contributed by atoms with Gasteiger partial charge in [-0.1, -0.05) is 83.7 Å². The fraction of sp³-hybridized carbons (Fsp3) is 0.395. The highest BCUT2D eigenvalue weighted by Crippen LogP contribution is 2.38. The number of carbonyl (C=O) groups excluding carboxylic acids is 7. The number of aliphatic hydroxyl groups is 1. The lowest BCUT2D eigenvalue weighted by atomic mass is 10.1. The third kappa shape index (κ3) is 18.3. The summed E-state index contributed by atoms with van der Waals surface area (Å²) in [7, 11) is 2.01. The molecule has 4 saturated heterocycles. The summed E-state index contributed by atoms with van der Waals surface area (Å²) < 4.78 is 95.0. The predicted molar refractivity (Wildman–Crippen MR) is 385 cm³/mol. The van der Waals surface area contributed by atoms with E-state index in [9.17, 15) is 84.5 Å². The molecule has 26 nitrogen and oxygen atoms in total. The number of hydrogen-bond acceptors (Lipinski definition) is 18. The number of methoxy groups -OCH3 is 1. The number of ether oxygens (including phenoxy) is 2. The molecule has 5 fully saturated rings.